The zero-order chi connectivity index (χ0) is 17.8. The second kappa shape index (κ2) is 7.60. The summed E-state index contributed by atoms with van der Waals surface area (Å²) in [5.41, 5.74) is 0.924. The fraction of sp³-hybridized carbons (Fsp3) is 0.438. The molecule has 9 heteroatoms. The van der Waals surface area contributed by atoms with Crippen LogP contribution in [0.25, 0.3) is 0 Å². The number of nitrogens with zero attached hydrogens (tertiary/aromatic N) is 5. The van der Waals surface area contributed by atoms with Gasteiger partial charge in [0.15, 0.2) is 0 Å². The van der Waals surface area contributed by atoms with Crippen LogP contribution in [0.5, 0.6) is 0 Å². The lowest BCUT2D eigenvalue weighted by Gasteiger charge is -2.33. The normalized spacial score (nSPS) is 15.2. The molecule has 1 N–H and O–H groups in total. The van der Waals surface area contributed by atoms with Crippen LogP contribution >= 0.6 is 11.6 Å². The van der Waals surface area contributed by atoms with Gasteiger partial charge >= 0.3 is 0 Å². The van der Waals surface area contributed by atoms with E-state index in [2.05, 4.69) is 32.1 Å². The quantitative estimate of drug-likeness (QED) is 0.644. The third-order valence-electron chi connectivity index (χ3n) is 4.27. The van der Waals surface area contributed by atoms with E-state index in [4.69, 9.17) is 11.6 Å². The molecule has 1 aliphatic heterocycles. The highest BCUT2D eigenvalue weighted by Gasteiger charge is 2.22. The van der Waals surface area contributed by atoms with Crippen LogP contribution < -0.4 is 10.2 Å². The van der Waals surface area contributed by atoms with Crippen LogP contribution in [0.4, 0.5) is 17.3 Å². The SMILES string of the molecule is CCc1cc(N2CCC(Nc3ncc([N+](=O)[O-])cc3Cl)CC2)ncn1. The van der Waals surface area contributed by atoms with Crippen molar-refractivity contribution < 1.29 is 4.92 Å². The Bertz CT molecular complexity index is 764. The average Bonchev–Trinajstić information content (AvgIpc) is 2.64. The molecule has 0 amide bonds. The molecule has 0 bridgehead atoms. The Labute approximate surface area is 150 Å². The van der Waals surface area contributed by atoms with E-state index in [0.29, 0.717) is 5.82 Å². The highest BCUT2D eigenvalue weighted by Crippen LogP contribution is 2.26. The summed E-state index contributed by atoms with van der Waals surface area (Å²) in [6.07, 6.45) is 5.52. The van der Waals surface area contributed by atoms with Gasteiger partial charge in [0.25, 0.3) is 5.69 Å². The fourth-order valence-electron chi connectivity index (χ4n) is 2.83. The van der Waals surface area contributed by atoms with E-state index in [1.807, 2.05) is 6.07 Å². The molecule has 3 rings (SSSR count). The lowest BCUT2D eigenvalue weighted by Crippen LogP contribution is -2.39. The Balaban J connectivity index is 1.60. The Kier molecular flexibility index (Phi) is 5.28. The molecule has 2 aromatic heterocycles. The zero-order valence-electron chi connectivity index (χ0n) is 13.9. The van der Waals surface area contributed by atoms with Gasteiger partial charge in [0, 0.05) is 37.0 Å². The van der Waals surface area contributed by atoms with Gasteiger partial charge in [-0.25, -0.2) is 15.0 Å². The molecule has 0 aliphatic carbocycles. The van der Waals surface area contributed by atoms with Crippen LogP contribution in [0.1, 0.15) is 25.5 Å². The number of anilines is 2. The van der Waals surface area contributed by atoms with Crippen molar-refractivity contribution in [2.75, 3.05) is 23.3 Å². The van der Waals surface area contributed by atoms with E-state index < -0.39 is 4.92 Å². The van der Waals surface area contributed by atoms with Gasteiger partial charge in [0.1, 0.15) is 24.2 Å². The number of hydrogen-bond acceptors (Lipinski definition) is 7. The van der Waals surface area contributed by atoms with E-state index in [1.165, 1.54) is 12.3 Å². The topological polar surface area (TPSA) is 97.1 Å². The van der Waals surface area contributed by atoms with Crippen LogP contribution in [0.15, 0.2) is 24.7 Å². The maximum atomic E-state index is 10.7. The number of nitro groups is 1. The van der Waals surface area contributed by atoms with Crippen molar-refractivity contribution >= 4 is 28.9 Å². The number of hydrogen-bond donors (Lipinski definition) is 1. The predicted molar refractivity (Wildman–Crippen MR) is 96.2 cm³/mol. The summed E-state index contributed by atoms with van der Waals surface area (Å²) in [6.45, 7) is 3.80. The highest BCUT2D eigenvalue weighted by molar-refractivity contribution is 6.33. The second-order valence-electron chi connectivity index (χ2n) is 5.91. The van der Waals surface area contributed by atoms with Crippen molar-refractivity contribution in [3.05, 3.63) is 45.5 Å². The first kappa shape index (κ1) is 17.3. The molecule has 1 fully saturated rings. The van der Waals surface area contributed by atoms with Crippen molar-refractivity contribution in [2.24, 2.45) is 0 Å². The molecule has 8 nitrogen and oxygen atoms in total. The van der Waals surface area contributed by atoms with Crippen molar-refractivity contribution in [1.82, 2.24) is 15.0 Å². The number of piperidine rings is 1. The Hall–Kier alpha value is -2.48. The number of halogens is 1. The second-order valence-corrected chi connectivity index (χ2v) is 6.32. The molecule has 3 heterocycles. The molecule has 25 heavy (non-hydrogen) atoms. The minimum Gasteiger partial charge on any atom is -0.366 e. The number of nitrogens with one attached hydrogen (secondary N) is 1. The van der Waals surface area contributed by atoms with Crippen LogP contribution in [0, 0.1) is 10.1 Å². The number of rotatable bonds is 5. The monoisotopic (exact) mass is 362 g/mol. The Morgan fingerprint density at radius 2 is 2.08 bits per heavy atom. The molecule has 1 saturated heterocycles. The summed E-state index contributed by atoms with van der Waals surface area (Å²) in [5.74, 6) is 1.44. The van der Waals surface area contributed by atoms with Crippen molar-refractivity contribution in [3.63, 3.8) is 0 Å². The van der Waals surface area contributed by atoms with Gasteiger partial charge in [-0.05, 0) is 19.3 Å². The van der Waals surface area contributed by atoms with Gasteiger partial charge in [-0.3, -0.25) is 10.1 Å². The largest absolute Gasteiger partial charge is 0.366 e. The molecule has 0 unspecified atom stereocenters. The van der Waals surface area contributed by atoms with Crippen LogP contribution in [0.3, 0.4) is 0 Å². The molecular formula is C16H19ClN6O2. The number of aryl methyl sites for hydroxylation is 1. The smallest absolute Gasteiger partial charge is 0.289 e. The summed E-state index contributed by atoms with van der Waals surface area (Å²) in [4.78, 5) is 25.1. The highest BCUT2D eigenvalue weighted by atomic mass is 35.5. The predicted octanol–water partition coefficient (Wildman–Crippen LogP) is 3.08. The van der Waals surface area contributed by atoms with E-state index >= 15 is 0 Å². The van der Waals surface area contributed by atoms with Crippen molar-refractivity contribution in [2.45, 2.75) is 32.2 Å². The Morgan fingerprint density at radius 3 is 2.72 bits per heavy atom. The van der Waals surface area contributed by atoms with Crippen LogP contribution in [0.2, 0.25) is 5.02 Å². The molecule has 1 aliphatic rings. The van der Waals surface area contributed by atoms with Gasteiger partial charge in [-0.15, -0.1) is 0 Å². The minimum atomic E-state index is -0.507. The average molecular weight is 363 g/mol. The van der Waals surface area contributed by atoms with Gasteiger partial charge in [0.05, 0.1) is 9.95 Å². The van der Waals surface area contributed by atoms with Gasteiger partial charge in [-0.2, -0.15) is 0 Å². The maximum absolute atomic E-state index is 10.7. The van der Waals surface area contributed by atoms with E-state index in [1.54, 1.807) is 6.33 Å². The standard InChI is InChI=1S/C16H19ClN6O2/c1-2-11-7-15(20-10-19-11)22-5-3-12(4-6-22)21-16-14(17)8-13(9-18-16)23(24)25/h7-10,12H,2-6H2,1H3,(H,18,21). The molecule has 0 aromatic carbocycles. The van der Waals surface area contributed by atoms with Gasteiger partial charge in [-0.1, -0.05) is 18.5 Å². The maximum Gasteiger partial charge on any atom is 0.289 e. The van der Waals surface area contributed by atoms with Gasteiger partial charge < -0.3 is 10.2 Å². The summed E-state index contributed by atoms with van der Waals surface area (Å²) < 4.78 is 0. The summed E-state index contributed by atoms with van der Waals surface area (Å²) in [7, 11) is 0. The van der Waals surface area contributed by atoms with Crippen molar-refractivity contribution in [3.8, 4) is 0 Å². The summed E-state index contributed by atoms with van der Waals surface area (Å²) in [6, 6.07) is 3.57. The van der Waals surface area contributed by atoms with Crippen LogP contribution in [-0.2, 0) is 6.42 Å². The lowest BCUT2D eigenvalue weighted by atomic mass is 10.0. The van der Waals surface area contributed by atoms with Gasteiger partial charge in [0.2, 0.25) is 0 Å². The van der Waals surface area contributed by atoms with Crippen molar-refractivity contribution in [1.29, 1.82) is 0 Å². The zero-order valence-corrected chi connectivity index (χ0v) is 14.6. The first-order chi connectivity index (χ1) is 12.1. The number of aromatic nitrogens is 3. The molecule has 0 atom stereocenters. The van der Waals surface area contributed by atoms with E-state index in [0.717, 1.165) is 43.9 Å². The lowest BCUT2D eigenvalue weighted by molar-refractivity contribution is -0.385. The minimum absolute atomic E-state index is 0.110. The fourth-order valence-corrected chi connectivity index (χ4v) is 3.05. The summed E-state index contributed by atoms with van der Waals surface area (Å²) >= 11 is 6.09. The first-order valence-corrected chi connectivity index (χ1v) is 8.57. The number of pyridine rings is 1. The van der Waals surface area contributed by atoms with E-state index in [9.17, 15) is 10.1 Å². The molecule has 2 aromatic rings. The first-order valence-electron chi connectivity index (χ1n) is 8.19. The molecule has 0 saturated carbocycles. The van der Waals surface area contributed by atoms with E-state index in [-0.39, 0.29) is 16.8 Å². The Morgan fingerprint density at radius 1 is 1.32 bits per heavy atom. The molecule has 0 radical (unpaired) electrons. The third kappa shape index (κ3) is 4.14. The van der Waals surface area contributed by atoms with Crippen LogP contribution in [-0.4, -0.2) is 39.0 Å². The summed E-state index contributed by atoms with van der Waals surface area (Å²) in [5, 5.41) is 14.3. The molecule has 0 spiro atoms. The third-order valence-corrected chi connectivity index (χ3v) is 4.56. The molecular weight excluding hydrogens is 344 g/mol. The molecule has 132 valence electrons.